The summed E-state index contributed by atoms with van der Waals surface area (Å²) in [5.41, 5.74) is 4.80. The van der Waals surface area contributed by atoms with E-state index in [1.165, 1.54) is 12.1 Å². The Bertz CT molecular complexity index is 1080. The summed E-state index contributed by atoms with van der Waals surface area (Å²) in [6.45, 7) is 12.8. The van der Waals surface area contributed by atoms with Gasteiger partial charge in [-0.25, -0.2) is 4.79 Å². The van der Waals surface area contributed by atoms with Crippen LogP contribution in [-0.2, 0) is 19.1 Å². The molecule has 37 heavy (non-hydrogen) atoms. The number of carbonyl (C=O) groups excluding carboxylic acids is 4. The van der Waals surface area contributed by atoms with E-state index in [2.05, 4.69) is 63.1 Å². The zero-order valence-corrected chi connectivity index (χ0v) is 23.5. The molecule has 0 fully saturated rings. The summed E-state index contributed by atoms with van der Waals surface area (Å²) in [6, 6.07) is 3.40. The van der Waals surface area contributed by atoms with Crippen LogP contribution in [0.25, 0.3) is 0 Å². The molecule has 2 atom stereocenters. The van der Waals surface area contributed by atoms with E-state index >= 15 is 0 Å². The van der Waals surface area contributed by atoms with Crippen LogP contribution in [0.1, 0.15) is 75.1 Å². The molecule has 1 aromatic rings. The van der Waals surface area contributed by atoms with Gasteiger partial charge < -0.3 is 15.2 Å². The van der Waals surface area contributed by atoms with E-state index in [1.807, 2.05) is 0 Å². The number of nitrogens with zero attached hydrogens (tertiary/aromatic N) is 1. The second kappa shape index (κ2) is 12.2. The number of methoxy groups -OCH3 is 1. The van der Waals surface area contributed by atoms with E-state index in [-0.39, 0.29) is 17.5 Å². The average molecular weight is 529 g/mol. The minimum Gasteiger partial charge on any atom is -0.481 e. The molecule has 1 aliphatic heterocycles. The first-order valence-corrected chi connectivity index (χ1v) is 14.6. The Balaban J connectivity index is 2.52. The summed E-state index contributed by atoms with van der Waals surface area (Å²) in [7, 11) is -1.10. The van der Waals surface area contributed by atoms with Gasteiger partial charge in [-0.15, -0.1) is 11.5 Å². The first-order chi connectivity index (χ1) is 17.3. The highest BCUT2D eigenvalue weighted by atomic mass is 28.3. The van der Waals surface area contributed by atoms with Crippen LogP contribution in [0.15, 0.2) is 24.3 Å². The van der Waals surface area contributed by atoms with Gasteiger partial charge >= 0.3 is 11.9 Å². The molecule has 2 N–H and O–H groups in total. The molecule has 9 nitrogen and oxygen atoms in total. The van der Waals surface area contributed by atoms with Gasteiger partial charge in [0.15, 0.2) is 0 Å². The van der Waals surface area contributed by atoms with Crippen LogP contribution in [0.5, 0.6) is 0 Å². The van der Waals surface area contributed by atoms with Gasteiger partial charge in [-0.1, -0.05) is 53.7 Å². The molecule has 3 amide bonds. The first-order valence-electron chi connectivity index (χ1n) is 12.4. The fraction of sp³-hybridized carbons (Fsp3) is 0.519. The summed E-state index contributed by atoms with van der Waals surface area (Å²) in [6.07, 6.45) is -0.873. The molecule has 0 unspecified atom stereocenters. The number of hydrogen-bond acceptors (Lipinski definition) is 6. The van der Waals surface area contributed by atoms with Gasteiger partial charge in [-0.05, 0) is 28.8 Å². The SMILES string of the molecule is COC(=O)[C@H](CC(=O)O)NC(=O)[C@H](CC#C[Si](C(C)C)(C(C)C)C(C)C)N1C(=O)c2ccccc2C1=O. The molecule has 0 saturated heterocycles. The third kappa shape index (κ3) is 6.10. The molecule has 0 bridgehead atoms. The van der Waals surface area contributed by atoms with Crippen LogP contribution in [0.2, 0.25) is 16.6 Å². The number of ether oxygens (including phenoxy) is 1. The van der Waals surface area contributed by atoms with Gasteiger partial charge in [0.2, 0.25) is 5.91 Å². The van der Waals surface area contributed by atoms with Gasteiger partial charge in [-0.2, -0.15) is 0 Å². The Labute approximate surface area is 218 Å². The number of esters is 1. The van der Waals surface area contributed by atoms with Crippen LogP contribution < -0.4 is 5.32 Å². The number of aliphatic carboxylic acids is 1. The summed E-state index contributed by atoms with van der Waals surface area (Å²) in [5.74, 6) is -1.29. The maximum absolute atomic E-state index is 13.4. The number of carboxylic acids is 1. The molecule has 10 heteroatoms. The van der Waals surface area contributed by atoms with Crippen molar-refractivity contribution in [1.82, 2.24) is 10.2 Å². The highest BCUT2D eigenvalue weighted by molar-refractivity contribution is 6.90. The lowest BCUT2D eigenvalue weighted by Crippen LogP contribution is -2.54. The van der Waals surface area contributed by atoms with Crippen molar-refractivity contribution in [2.45, 2.75) is 83.1 Å². The molecule has 0 aromatic heterocycles. The lowest BCUT2D eigenvalue weighted by molar-refractivity contribution is -0.149. The van der Waals surface area contributed by atoms with Crippen LogP contribution >= 0.6 is 0 Å². The van der Waals surface area contributed by atoms with Gasteiger partial charge in [-0.3, -0.25) is 24.1 Å². The van der Waals surface area contributed by atoms with E-state index in [0.29, 0.717) is 16.6 Å². The van der Waals surface area contributed by atoms with E-state index < -0.39 is 56.2 Å². The third-order valence-corrected chi connectivity index (χ3v) is 13.4. The fourth-order valence-corrected chi connectivity index (χ4v) is 10.6. The molecule has 2 rings (SSSR count). The number of imide groups is 1. The van der Waals surface area contributed by atoms with Crippen molar-refractivity contribution in [3.63, 3.8) is 0 Å². The topological polar surface area (TPSA) is 130 Å². The Morgan fingerprint density at radius 2 is 1.46 bits per heavy atom. The minimum atomic E-state index is -2.18. The Hall–Kier alpha value is -3.45. The molecule has 0 radical (unpaired) electrons. The minimum absolute atomic E-state index is 0.154. The van der Waals surface area contributed by atoms with E-state index in [4.69, 9.17) is 0 Å². The maximum Gasteiger partial charge on any atom is 0.328 e. The summed E-state index contributed by atoms with van der Waals surface area (Å²) >= 11 is 0. The summed E-state index contributed by atoms with van der Waals surface area (Å²) < 4.78 is 4.63. The number of hydrogen-bond donors (Lipinski definition) is 2. The second-order valence-electron chi connectivity index (χ2n) is 10.1. The van der Waals surface area contributed by atoms with Crippen molar-refractivity contribution in [1.29, 1.82) is 0 Å². The summed E-state index contributed by atoms with van der Waals surface area (Å²) in [5, 5.41) is 11.5. The van der Waals surface area contributed by atoms with Gasteiger partial charge in [0.1, 0.15) is 20.2 Å². The number of benzene rings is 1. The monoisotopic (exact) mass is 528 g/mol. The van der Waals surface area contributed by atoms with Gasteiger partial charge in [0.25, 0.3) is 11.8 Å². The predicted molar refractivity (Wildman–Crippen MR) is 140 cm³/mol. The molecular weight excluding hydrogens is 492 g/mol. The van der Waals surface area contributed by atoms with Crippen molar-refractivity contribution in [3.05, 3.63) is 35.4 Å². The van der Waals surface area contributed by atoms with Crippen LogP contribution in [-0.4, -0.2) is 66.9 Å². The maximum atomic E-state index is 13.4. The van der Waals surface area contributed by atoms with Crippen molar-refractivity contribution < 1.29 is 33.8 Å². The first kappa shape index (κ1) is 29.8. The Kier molecular flexibility index (Phi) is 9.81. The lowest BCUT2D eigenvalue weighted by Gasteiger charge is -2.38. The van der Waals surface area contributed by atoms with Crippen LogP contribution in [0.3, 0.4) is 0 Å². The number of amides is 3. The summed E-state index contributed by atoms with van der Waals surface area (Å²) in [4.78, 5) is 64.1. The van der Waals surface area contributed by atoms with Crippen molar-refractivity contribution in [3.8, 4) is 11.5 Å². The molecule has 1 aliphatic rings. The third-order valence-electron chi connectivity index (χ3n) is 7.09. The number of carbonyl (C=O) groups is 5. The zero-order chi connectivity index (χ0) is 28.1. The lowest BCUT2D eigenvalue weighted by atomic mass is 10.1. The van der Waals surface area contributed by atoms with Crippen molar-refractivity contribution in [2.75, 3.05) is 7.11 Å². The quantitative estimate of drug-likeness (QED) is 0.206. The highest BCUT2D eigenvalue weighted by Crippen LogP contribution is 2.40. The normalized spacial score (nSPS) is 14.8. The number of fused-ring (bicyclic) bond motifs is 1. The molecule has 0 spiro atoms. The molecule has 0 saturated carbocycles. The second-order valence-corrected chi connectivity index (χ2v) is 15.7. The molecule has 1 heterocycles. The number of carboxylic acid groups (broad SMARTS) is 1. The Morgan fingerprint density at radius 1 is 0.973 bits per heavy atom. The Morgan fingerprint density at radius 3 is 1.86 bits per heavy atom. The highest BCUT2D eigenvalue weighted by Gasteiger charge is 2.44. The standard InChI is InChI=1S/C27H36N2O7Si/c1-16(2)37(17(3)4,18(5)6)14-10-13-22(24(32)28-21(15-23(30)31)27(35)36-7)29-25(33)19-11-8-9-12-20(19)26(29)34/h8-9,11-12,16-18,21-22H,13,15H2,1-7H3,(H,28,32)(H,30,31)/t21-,22-/m0/s1. The zero-order valence-electron chi connectivity index (χ0n) is 22.5. The largest absolute Gasteiger partial charge is 0.481 e. The van der Waals surface area contributed by atoms with Gasteiger partial charge in [0.05, 0.1) is 24.7 Å². The molecule has 1 aromatic carbocycles. The number of rotatable bonds is 10. The van der Waals surface area contributed by atoms with Crippen LogP contribution in [0.4, 0.5) is 0 Å². The average Bonchev–Trinajstić information content (AvgIpc) is 3.07. The fourth-order valence-electron chi connectivity index (χ4n) is 5.30. The molecule has 0 aliphatic carbocycles. The molecule has 200 valence electrons. The van der Waals surface area contributed by atoms with E-state index in [0.717, 1.165) is 12.0 Å². The van der Waals surface area contributed by atoms with E-state index in [9.17, 15) is 29.1 Å². The van der Waals surface area contributed by atoms with Crippen molar-refractivity contribution in [2.24, 2.45) is 0 Å². The van der Waals surface area contributed by atoms with E-state index in [1.54, 1.807) is 12.1 Å². The molecular formula is C27H36N2O7Si. The van der Waals surface area contributed by atoms with Crippen LogP contribution in [0, 0.1) is 11.5 Å². The smallest absolute Gasteiger partial charge is 0.328 e. The van der Waals surface area contributed by atoms with Gasteiger partial charge in [0, 0.05) is 6.42 Å². The predicted octanol–water partition coefficient (Wildman–Crippen LogP) is 3.40. The van der Waals surface area contributed by atoms with Crippen molar-refractivity contribution >= 4 is 37.7 Å². The number of nitrogens with one attached hydrogen (secondary N) is 1.